The molecule has 3 aromatic heterocycles. The molecule has 0 saturated carbocycles. The van der Waals surface area contributed by atoms with E-state index in [0.717, 1.165) is 66.6 Å². The number of hydrogen-bond acceptors (Lipinski definition) is 9. The van der Waals surface area contributed by atoms with Crippen molar-refractivity contribution >= 4 is 28.6 Å². The fraction of sp³-hybridized carbons (Fsp3) is 0.565. The minimum Gasteiger partial charge on any atom is -0.380 e. The highest BCUT2D eigenvalue weighted by atomic mass is 16.5. The molecule has 2 N–H and O–H groups in total. The van der Waals surface area contributed by atoms with Gasteiger partial charge < -0.3 is 25.0 Å². The van der Waals surface area contributed by atoms with Gasteiger partial charge in [-0.1, -0.05) is 6.92 Å². The molecular formula is C23H32N8O2. The Morgan fingerprint density at radius 3 is 2.91 bits per heavy atom. The average Bonchev–Trinajstić information content (AvgIpc) is 3.52. The van der Waals surface area contributed by atoms with Crippen molar-refractivity contribution in [2.75, 3.05) is 43.6 Å². The van der Waals surface area contributed by atoms with Gasteiger partial charge in [0, 0.05) is 45.1 Å². The molecule has 2 aliphatic rings. The highest BCUT2D eigenvalue weighted by molar-refractivity contribution is 5.90. The first kappa shape index (κ1) is 22.0. The van der Waals surface area contributed by atoms with Gasteiger partial charge in [0.1, 0.15) is 22.5 Å². The van der Waals surface area contributed by atoms with Crippen LogP contribution in [0.4, 0.5) is 17.6 Å². The second kappa shape index (κ2) is 9.58. The molecule has 2 saturated heterocycles. The number of aromatic nitrogens is 5. The molecule has 2 atom stereocenters. The van der Waals surface area contributed by atoms with Crippen LogP contribution in [-0.2, 0) is 22.6 Å². The molecule has 10 nitrogen and oxygen atoms in total. The third kappa shape index (κ3) is 4.50. The molecule has 2 bridgehead atoms. The van der Waals surface area contributed by atoms with Crippen LogP contribution in [0, 0.1) is 6.92 Å². The van der Waals surface area contributed by atoms with Crippen LogP contribution in [0.1, 0.15) is 31.0 Å². The van der Waals surface area contributed by atoms with Crippen LogP contribution < -0.4 is 15.5 Å². The summed E-state index contributed by atoms with van der Waals surface area (Å²) >= 11 is 0. The van der Waals surface area contributed by atoms with E-state index in [0.29, 0.717) is 37.7 Å². The summed E-state index contributed by atoms with van der Waals surface area (Å²) in [5, 5.41) is 11.8. The first-order valence-electron chi connectivity index (χ1n) is 11.7. The Balaban J connectivity index is 1.58. The van der Waals surface area contributed by atoms with Crippen LogP contribution in [-0.4, -0.2) is 70.2 Å². The van der Waals surface area contributed by atoms with Gasteiger partial charge in [-0.2, -0.15) is 10.1 Å². The van der Waals surface area contributed by atoms with E-state index in [-0.39, 0.29) is 0 Å². The summed E-state index contributed by atoms with van der Waals surface area (Å²) in [6.07, 6.45) is 3.91. The second-order valence-corrected chi connectivity index (χ2v) is 8.78. The largest absolute Gasteiger partial charge is 0.380 e. The fourth-order valence-corrected chi connectivity index (χ4v) is 4.67. The van der Waals surface area contributed by atoms with Crippen molar-refractivity contribution in [3.63, 3.8) is 0 Å². The van der Waals surface area contributed by atoms with E-state index in [1.165, 1.54) is 0 Å². The number of pyridine rings is 1. The monoisotopic (exact) mass is 452 g/mol. The average molecular weight is 453 g/mol. The lowest BCUT2D eigenvalue weighted by atomic mass is 10.2. The smallest absolute Gasteiger partial charge is 0.228 e. The van der Waals surface area contributed by atoms with E-state index >= 15 is 0 Å². The zero-order valence-corrected chi connectivity index (χ0v) is 19.5. The Morgan fingerprint density at radius 2 is 2.18 bits per heavy atom. The molecule has 0 unspecified atom stereocenters. The number of ether oxygens (including phenoxy) is 2. The van der Waals surface area contributed by atoms with Gasteiger partial charge in [0.15, 0.2) is 5.82 Å². The number of fused-ring (bicyclic) bond motifs is 3. The number of aryl methyl sites for hydroxylation is 1. The summed E-state index contributed by atoms with van der Waals surface area (Å²) < 4.78 is 13.1. The Morgan fingerprint density at radius 1 is 1.27 bits per heavy atom. The maximum atomic E-state index is 5.74. The minimum atomic E-state index is 0.380. The molecule has 10 heteroatoms. The van der Waals surface area contributed by atoms with Crippen molar-refractivity contribution in [1.29, 1.82) is 0 Å². The van der Waals surface area contributed by atoms with E-state index in [9.17, 15) is 0 Å². The molecule has 33 heavy (non-hydrogen) atoms. The van der Waals surface area contributed by atoms with E-state index in [4.69, 9.17) is 24.5 Å². The van der Waals surface area contributed by atoms with Crippen molar-refractivity contribution in [3.8, 4) is 0 Å². The predicted octanol–water partition coefficient (Wildman–Crippen LogP) is 2.40. The Labute approximate surface area is 193 Å². The molecule has 0 radical (unpaired) electrons. The summed E-state index contributed by atoms with van der Waals surface area (Å²) in [5.74, 6) is 2.17. The molecular weight excluding hydrogens is 420 g/mol. The predicted molar refractivity (Wildman–Crippen MR) is 127 cm³/mol. The molecule has 2 aliphatic heterocycles. The van der Waals surface area contributed by atoms with Crippen LogP contribution in [0.15, 0.2) is 18.3 Å². The Kier molecular flexibility index (Phi) is 6.39. The zero-order valence-electron chi connectivity index (χ0n) is 19.5. The van der Waals surface area contributed by atoms with E-state index < -0.39 is 0 Å². The van der Waals surface area contributed by atoms with E-state index in [1.807, 2.05) is 23.7 Å². The maximum Gasteiger partial charge on any atom is 0.228 e. The molecule has 176 valence electrons. The van der Waals surface area contributed by atoms with Crippen LogP contribution in [0.2, 0.25) is 0 Å². The summed E-state index contributed by atoms with van der Waals surface area (Å²) in [7, 11) is 1.68. The van der Waals surface area contributed by atoms with Gasteiger partial charge in [-0.15, -0.1) is 0 Å². The summed E-state index contributed by atoms with van der Waals surface area (Å²) in [6.45, 7) is 8.32. The van der Waals surface area contributed by atoms with Crippen LogP contribution >= 0.6 is 0 Å². The molecule has 0 amide bonds. The Hall–Kier alpha value is -2.82. The van der Waals surface area contributed by atoms with E-state index in [2.05, 4.69) is 27.4 Å². The van der Waals surface area contributed by atoms with Crippen LogP contribution in [0.25, 0.3) is 11.0 Å². The minimum absolute atomic E-state index is 0.380. The van der Waals surface area contributed by atoms with E-state index in [1.54, 1.807) is 13.3 Å². The fourth-order valence-electron chi connectivity index (χ4n) is 4.67. The third-order valence-corrected chi connectivity index (χ3v) is 6.20. The van der Waals surface area contributed by atoms with Gasteiger partial charge in [0.05, 0.1) is 19.8 Å². The van der Waals surface area contributed by atoms with Crippen molar-refractivity contribution in [3.05, 3.63) is 29.6 Å². The molecule has 5 heterocycles. The summed E-state index contributed by atoms with van der Waals surface area (Å²) in [6, 6.07) is 4.91. The van der Waals surface area contributed by atoms with Gasteiger partial charge >= 0.3 is 0 Å². The standard InChI is InChI=1S/C23H32N8O2/c1-4-8-33-9-7-31-21-20(18(29-31)14-32-3)27-23(30-13-16-11-17(30)12-25-16)28-22(21)26-19-10-15(2)5-6-24-19/h5-6,10,16-17,25H,4,7-9,11-14H2,1-3H3,(H,24,26,27,28)/t16-,17-/m1/s1. The quantitative estimate of drug-likeness (QED) is 0.449. The maximum absolute atomic E-state index is 5.74. The number of methoxy groups -OCH3 is 1. The number of nitrogens with zero attached hydrogens (tertiary/aromatic N) is 6. The highest BCUT2D eigenvalue weighted by Gasteiger charge is 2.39. The van der Waals surface area contributed by atoms with Gasteiger partial charge in [-0.25, -0.2) is 9.97 Å². The van der Waals surface area contributed by atoms with Crippen LogP contribution in [0.3, 0.4) is 0 Å². The van der Waals surface area contributed by atoms with Gasteiger partial charge in [-0.3, -0.25) is 4.68 Å². The lowest BCUT2D eigenvalue weighted by molar-refractivity contribution is 0.124. The summed E-state index contributed by atoms with van der Waals surface area (Å²) in [5.41, 5.74) is 3.58. The number of anilines is 3. The molecule has 2 fully saturated rings. The molecule has 0 aliphatic carbocycles. The number of rotatable bonds is 10. The molecule has 5 rings (SSSR count). The van der Waals surface area contributed by atoms with Crippen LogP contribution in [0.5, 0.6) is 0 Å². The van der Waals surface area contributed by atoms with Crippen molar-refractivity contribution in [1.82, 2.24) is 30.0 Å². The normalized spacial score (nSPS) is 19.7. The molecule has 0 aromatic carbocycles. The number of nitrogens with one attached hydrogen (secondary N) is 2. The molecule has 3 aromatic rings. The van der Waals surface area contributed by atoms with Crippen molar-refractivity contribution in [2.24, 2.45) is 0 Å². The number of piperazine rings is 1. The highest BCUT2D eigenvalue weighted by Crippen LogP contribution is 2.33. The SMILES string of the molecule is CCCOCCn1nc(COC)c2nc(N3C[C@H]4C[C@@H]3CN4)nc(Nc3cc(C)ccn3)c21. The van der Waals surface area contributed by atoms with Crippen molar-refractivity contribution < 1.29 is 9.47 Å². The summed E-state index contributed by atoms with van der Waals surface area (Å²) in [4.78, 5) is 16.8. The number of hydrogen-bond donors (Lipinski definition) is 2. The third-order valence-electron chi connectivity index (χ3n) is 6.20. The Bertz CT molecular complexity index is 1120. The second-order valence-electron chi connectivity index (χ2n) is 8.78. The first-order valence-corrected chi connectivity index (χ1v) is 11.7. The zero-order chi connectivity index (χ0) is 22.8. The lowest BCUT2D eigenvalue weighted by Gasteiger charge is -2.27. The van der Waals surface area contributed by atoms with Gasteiger partial charge in [-0.05, 0) is 37.5 Å². The van der Waals surface area contributed by atoms with Crippen molar-refractivity contribution in [2.45, 2.75) is 51.9 Å². The van der Waals surface area contributed by atoms with Gasteiger partial charge in [0.25, 0.3) is 0 Å². The first-order chi connectivity index (χ1) is 16.2. The topological polar surface area (TPSA) is 102 Å². The molecule has 0 spiro atoms. The van der Waals surface area contributed by atoms with Gasteiger partial charge in [0.2, 0.25) is 5.95 Å². The lowest BCUT2D eigenvalue weighted by Crippen LogP contribution is -2.44.